The summed E-state index contributed by atoms with van der Waals surface area (Å²) in [6, 6.07) is 85.2. The molecule has 0 saturated heterocycles. The van der Waals surface area contributed by atoms with Crippen molar-refractivity contribution in [3.8, 4) is 115 Å². The highest BCUT2D eigenvalue weighted by Crippen LogP contribution is 2.36. The molecule has 0 amide bonds. The summed E-state index contributed by atoms with van der Waals surface area (Å²) >= 11 is 0. The van der Waals surface area contributed by atoms with Gasteiger partial charge in [0.1, 0.15) is 49.4 Å². The van der Waals surface area contributed by atoms with E-state index in [0.29, 0.717) is 96.6 Å². The molecule has 570 valence electrons. The summed E-state index contributed by atoms with van der Waals surface area (Å²) < 4.78 is 50.8. The van der Waals surface area contributed by atoms with Crippen LogP contribution in [-0.2, 0) is 48.1 Å². The van der Waals surface area contributed by atoms with Crippen molar-refractivity contribution in [2.24, 2.45) is 0 Å². The Morgan fingerprint density at radius 2 is 0.377 bits per heavy atom. The summed E-state index contributed by atoms with van der Waals surface area (Å²) in [6.45, 7) is 27.5. The molecule has 0 atom stereocenters. The number of nitrogens with zero attached hydrogens (tertiary/aromatic N) is 8. The van der Waals surface area contributed by atoms with Gasteiger partial charge < -0.3 is 36.6 Å². The zero-order valence-electron chi connectivity index (χ0n) is 66.2. The van der Waals surface area contributed by atoms with Crippen LogP contribution < -0.4 is 18.9 Å². The molecule has 0 saturated carbocycles. The Labute approximate surface area is 665 Å². The van der Waals surface area contributed by atoms with Gasteiger partial charge in [-0.2, -0.15) is 0 Å². The van der Waals surface area contributed by atoms with Gasteiger partial charge in [-0.05, 0) is 210 Å². The van der Waals surface area contributed by atoms with Gasteiger partial charge >= 0.3 is 0 Å². The van der Waals surface area contributed by atoms with Crippen LogP contribution in [0.25, 0.3) is 116 Å². The van der Waals surface area contributed by atoms with Crippen LogP contribution in [0.15, 0.2) is 272 Å². The zero-order chi connectivity index (χ0) is 79.1. The van der Waals surface area contributed by atoms with E-state index in [0.717, 1.165) is 89.0 Å². The van der Waals surface area contributed by atoms with Crippen molar-refractivity contribution in [2.75, 3.05) is 0 Å². The SMILES string of the molecule is CC(C)(C)c1ccc(-c2nnc(-c3ccc(COc4cc(/C=C/c5ccc(/C=C/c6cc(OCc7ccc(-c8nnc(-c9ccc(C(C)(C)C)cc9)o8)cc7)cc(OCc7ccc(-c8nnc(-c9ccc(C(C)(C)C)cc9)o8)cc7)c6)cc5)cc(OCc5ccc(-c6nnc(-c7ccc(C(C)(C)C)cc7)o6)cc5)c4)cc3)o2)cc1. The van der Waals surface area contributed by atoms with Crippen molar-refractivity contribution < 1.29 is 36.6 Å². The lowest BCUT2D eigenvalue weighted by atomic mass is 9.87. The Balaban J connectivity index is 0.635. The van der Waals surface area contributed by atoms with Gasteiger partial charge in [0.15, 0.2) is 0 Å². The molecule has 16 nitrogen and oxygen atoms in total. The van der Waals surface area contributed by atoms with E-state index in [1.165, 1.54) is 22.3 Å². The van der Waals surface area contributed by atoms with Crippen LogP contribution in [0, 0.1) is 0 Å². The minimum Gasteiger partial charge on any atom is -0.489 e. The molecule has 4 aromatic heterocycles. The van der Waals surface area contributed by atoms with Gasteiger partial charge in [0.05, 0.1) is 0 Å². The molecular weight excluding hydrogens is 1420 g/mol. The van der Waals surface area contributed by atoms with Crippen LogP contribution in [0.2, 0.25) is 0 Å². The molecular formula is C98H90N8O8. The van der Waals surface area contributed by atoms with Crippen LogP contribution in [0.1, 0.15) is 150 Å². The van der Waals surface area contributed by atoms with Crippen LogP contribution in [-0.4, -0.2) is 40.8 Å². The standard InChI is InChI=1S/C98H90N8O8/c1-95(2,3)79-45-37-75(38-46-79)91-103-99-87(111-91)71-29-21-65(22-30-71)59-107-83-53-69(54-84(57-83)108-60-66-23-31-72(32-24-66)88-100-104-92(112-88)76-39-47-80(48-40-76)96(4,5)6)19-17-63-13-15-64(16-14-63)18-20-70-55-85(109-61-67-25-33-73(34-26-67)89-101-105-93(113-89)77-41-49-81(50-42-77)97(7,8)9)58-86(56-70)110-62-68-27-35-74(36-28-68)90-102-106-94(114-90)78-43-51-82(52-44-78)98(10,11)12/h13-58H,59-62H2,1-12H3/b19-17+,20-18+. The monoisotopic (exact) mass is 1510 g/mol. The maximum absolute atomic E-state index is 6.55. The minimum atomic E-state index is 0.0343. The quantitative estimate of drug-likeness (QED) is 0.0518. The zero-order valence-corrected chi connectivity index (χ0v) is 66.2. The maximum atomic E-state index is 6.55. The van der Waals surface area contributed by atoms with Crippen molar-refractivity contribution in [2.45, 2.75) is 131 Å². The number of hydrogen-bond donors (Lipinski definition) is 0. The van der Waals surface area contributed by atoms with Crippen molar-refractivity contribution in [3.63, 3.8) is 0 Å². The third-order valence-electron chi connectivity index (χ3n) is 19.8. The first-order valence-corrected chi connectivity index (χ1v) is 38.3. The molecule has 16 heteroatoms. The minimum absolute atomic E-state index is 0.0343. The fourth-order valence-electron chi connectivity index (χ4n) is 12.7. The third-order valence-corrected chi connectivity index (χ3v) is 19.8. The van der Waals surface area contributed by atoms with Crippen LogP contribution in [0.3, 0.4) is 0 Å². The molecule has 0 fully saturated rings. The van der Waals surface area contributed by atoms with E-state index >= 15 is 0 Å². The van der Waals surface area contributed by atoms with Crippen molar-refractivity contribution in [1.82, 2.24) is 40.8 Å². The Morgan fingerprint density at radius 1 is 0.211 bits per heavy atom. The topological polar surface area (TPSA) is 193 Å². The lowest BCUT2D eigenvalue weighted by Crippen LogP contribution is -2.10. The van der Waals surface area contributed by atoms with Gasteiger partial charge in [-0.3, -0.25) is 0 Å². The second kappa shape index (κ2) is 32.5. The number of hydrogen-bond acceptors (Lipinski definition) is 16. The largest absolute Gasteiger partial charge is 0.489 e. The van der Waals surface area contributed by atoms with Crippen LogP contribution >= 0.6 is 0 Å². The first-order chi connectivity index (χ1) is 54.8. The van der Waals surface area contributed by atoms with E-state index < -0.39 is 0 Å². The van der Waals surface area contributed by atoms with Crippen molar-refractivity contribution in [3.05, 3.63) is 322 Å². The second-order valence-electron chi connectivity index (χ2n) is 32.7. The molecule has 15 rings (SSSR count). The molecule has 15 aromatic rings. The lowest BCUT2D eigenvalue weighted by molar-refractivity contribution is 0.289. The fourth-order valence-corrected chi connectivity index (χ4v) is 12.7. The molecule has 0 unspecified atom stereocenters. The Kier molecular flexibility index (Phi) is 21.7. The average Bonchev–Trinajstić information content (AvgIpc) is 1.74. The molecule has 4 heterocycles. The highest BCUT2D eigenvalue weighted by atomic mass is 16.5. The van der Waals surface area contributed by atoms with Gasteiger partial charge in [-0.15, -0.1) is 40.8 Å². The summed E-state index contributed by atoms with van der Waals surface area (Å²) in [5.74, 6) is 6.18. The van der Waals surface area contributed by atoms with Gasteiger partial charge in [-0.25, -0.2) is 0 Å². The lowest BCUT2D eigenvalue weighted by Gasteiger charge is -2.18. The number of rotatable bonds is 24. The second-order valence-corrected chi connectivity index (χ2v) is 32.7. The highest BCUT2D eigenvalue weighted by Gasteiger charge is 2.22. The van der Waals surface area contributed by atoms with Crippen LogP contribution in [0.4, 0.5) is 0 Å². The van der Waals surface area contributed by atoms with E-state index in [1.807, 2.05) is 182 Å². The Bertz CT molecular complexity index is 5150. The van der Waals surface area contributed by atoms with Crippen LogP contribution in [0.5, 0.6) is 23.0 Å². The first kappa shape index (κ1) is 76.0. The van der Waals surface area contributed by atoms with Gasteiger partial charge in [0.2, 0.25) is 47.1 Å². The predicted molar refractivity (Wildman–Crippen MR) is 450 cm³/mol. The first-order valence-electron chi connectivity index (χ1n) is 38.3. The van der Waals surface area contributed by atoms with E-state index in [-0.39, 0.29) is 21.7 Å². The summed E-state index contributed by atoms with van der Waals surface area (Å²) in [5, 5.41) is 35.0. The van der Waals surface area contributed by atoms with E-state index in [2.05, 4.69) is 221 Å². The summed E-state index contributed by atoms with van der Waals surface area (Å²) in [7, 11) is 0. The van der Waals surface area contributed by atoms with E-state index in [4.69, 9.17) is 36.6 Å². The number of ether oxygens (including phenoxy) is 4. The molecule has 0 spiro atoms. The van der Waals surface area contributed by atoms with Crippen molar-refractivity contribution >= 4 is 24.3 Å². The van der Waals surface area contributed by atoms with Gasteiger partial charge in [0, 0.05) is 56.6 Å². The van der Waals surface area contributed by atoms with E-state index in [1.54, 1.807) is 0 Å². The predicted octanol–water partition coefficient (Wildman–Crippen LogP) is 24.4. The smallest absolute Gasteiger partial charge is 0.248 e. The summed E-state index contributed by atoms with van der Waals surface area (Å²) in [6.07, 6.45) is 8.29. The van der Waals surface area contributed by atoms with Gasteiger partial charge in [0.25, 0.3) is 0 Å². The molecule has 0 N–H and O–H groups in total. The molecule has 0 aliphatic carbocycles. The molecule has 0 radical (unpaired) electrons. The average molecular weight is 1510 g/mol. The highest BCUT2D eigenvalue weighted by molar-refractivity contribution is 5.75. The molecule has 114 heavy (non-hydrogen) atoms. The number of aromatic nitrogens is 8. The third kappa shape index (κ3) is 19.0. The molecule has 11 aromatic carbocycles. The van der Waals surface area contributed by atoms with Crippen molar-refractivity contribution in [1.29, 1.82) is 0 Å². The van der Waals surface area contributed by atoms with E-state index in [9.17, 15) is 0 Å². The Hall–Kier alpha value is -13.3. The number of benzene rings is 11. The fraction of sp³-hybridized carbons (Fsp3) is 0.204. The molecule has 0 aliphatic heterocycles. The summed E-state index contributed by atoms with van der Waals surface area (Å²) in [5.41, 5.74) is 19.4. The summed E-state index contributed by atoms with van der Waals surface area (Å²) in [4.78, 5) is 0. The Morgan fingerprint density at radius 3 is 0.553 bits per heavy atom. The van der Waals surface area contributed by atoms with Gasteiger partial charge in [-0.1, -0.05) is 229 Å². The molecule has 0 aliphatic rings. The maximum Gasteiger partial charge on any atom is 0.248 e. The molecule has 0 bridgehead atoms. The normalized spacial score (nSPS) is 12.1.